The Hall–Kier alpha value is -3.33. The Labute approximate surface area is 184 Å². The molecule has 2 aromatic heterocycles. The molecular weight excluding hydrogens is 412 g/mol. The first-order valence-corrected chi connectivity index (χ1v) is 11.2. The molecule has 0 aliphatic carbocycles. The molecule has 5 rings (SSSR count). The number of anilines is 1. The van der Waals surface area contributed by atoms with Gasteiger partial charge in [0.2, 0.25) is 0 Å². The number of carbonyl (C=O) groups is 1. The largest absolute Gasteiger partial charge is 0.387 e. The van der Waals surface area contributed by atoms with E-state index >= 15 is 0 Å². The number of rotatable bonds is 4. The number of urea groups is 1. The van der Waals surface area contributed by atoms with E-state index in [-0.39, 0.29) is 12.1 Å². The maximum absolute atomic E-state index is 12.4. The van der Waals surface area contributed by atoms with E-state index in [9.17, 15) is 4.79 Å². The molecule has 1 N–H and O–H groups in total. The van der Waals surface area contributed by atoms with Gasteiger partial charge in [0.05, 0.1) is 16.9 Å². The number of nitrogens with one attached hydrogen (secondary N) is 1. The van der Waals surface area contributed by atoms with Crippen molar-refractivity contribution in [1.82, 2.24) is 19.9 Å². The SMILES string of the molecule is O=C(Nc1cnccn1)N1CCC(c2nc(C3=NOC(c4ccccc4)C3)cs2)CC1. The normalized spacial score (nSPS) is 19.0. The zero-order chi connectivity index (χ0) is 21.0. The number of nitrogens with zero attached hydrogens (tertiary/aromatic N) is 5. The van der Waals surface area contributed by atoms with Gasteiger partial charge in [0, 0.05) is 43.2 Å². The highest BCUT2D eigenvalue weighted by atomic mass is 32.1. The summed E-state index contributed by atoms with van der Waals surface area (Å²) < 4.78 is 0. The van der Waals surface area contributed by atoms with Gasteiger partial charge in [-0.1, -0.05) is 35.5 Å². The van der Waals surface area contributed by atoms with E-state index in [0.717, 1.165) is 41.2 Å². The summed E-state index contributed by atoms with van der Waals surface area (Å²) in [5.74, 6) is 0.819. The van der Waals surface area contributed by atoms with Crippen molar-refractivity contribution < 1.29 is 9.63 Å². The maximum atomic E-state index is 12.4. The van der Waals surface area contributed by atoms with Crippen molar-refractivity contribution in [3.63, 3.8) is 0 Å². The van der Waals surface area contributed by atoms with Crippen LogP contribution < -0.4 is 5.32 Å². The van der Waals surface area contributed by atoms with E-state index in [1.54, 1.807) is 29.9 Å². The van der Waals surface area contributed by atoms with E-state index in [1.165, 1.54) is 0 Å². The molecule has 1 unspecified atom stereocenters. The predicted molar refractivity (Wildman–Crippen MR) is 118 cm³/mol. The highest BCUT2D eigenvalue weighted by Crippen LogP contribution is 2.33. The molecule has 1 aromatic carbocycles. The fraction of sp³-hybridized carbons (Fsp3) is 0.318. The molecule has 2 amide bonds. The quantitative estimate of drug-likeness (QED) is 0.664. The number of carbonyl (C=O) groups excluding carboxylic acids is 1. The van der Waals surface area contributed by atoms with Crippen molar-refractivity contribution in [1.29, 1.82) is 0 Å². The van der Waals surface area contributed by atoms with E-state index in [1.807, 2.05) is 23.1 Å². The van der Waals surface area contributed by atoms with Crippen LogP contribution in [0.15, 0.2) is 59.5 Å². The van der Waals surface area contributed by atoms with Crippen LogP contribution >= 0.6 is 11.3 Å². The van der Waals surface area contributed by atoms with Crippen molar-refractivity contribution in [3.05, 3.63) is 70.6 Å². The van der Waals surface area contributed by atoms with Gasteiger partial charge in [0.25, 0.3) is 0 Å². The van der Waals surface area contributed by atoms with Gasteiger partial charge in [0.1, 0.15) is 5.71 Å². The van der Waals surface area contributed by atoms with Gasteiger partial charge in [-0.3, -0.25) is 10.3 Å². The first kappa shape index (κ1) is 19.6. The number of amides is 2. The lowest BCUT2D eigenvalue weighted by Gasteiger charge is -2.30. The van der Waals surface area contributed by atoms with Gasteiger partial charge in [-0.05, 0) is 18.4 Å². The van der Waals surface area contributed by atoms with Crippen molar-refractivity contribution in [2.75, 3.05) is 18.4 Å². The van der Waals surface area contributed by atoms with Crippen LogP contribution in [-0.4, -0.2) is 44.7 Å². The number of aromatic nitrogens is 3. The molecule has 0 radical (unpaired) electrons. The molecule has 0 spiro atoms. The van der Waals surface area contributed by atoms with Gasteiger partial charge >= 0.3 is 6.03 Å². The molecule has 158 valence electrons. The molecule has 1 atom stereocenters. The Morgan fingerprint density at radius 3 is 2.77 bits per heavy atom. The molecule has 31 heavy (non-hydrogen) atoms. The van der Waals surface area contributed by atoms with Gasteiger partial charge < -0.3 is 9.74 Å². The standard InChI is InChI=1S/C22H22N6O2S/c29-22(26-20-13-23-8-9-24-20)28-10-6-16(7-11-28)21-25-18(14-31-21)17-12-19(30-27-17)15-4-2-1-3-5-15/h1-5,8-9,13-14,16,19H,6-7,10-12H2,(H,24,26,29). The zero-order valence-electron chi connectivity index (χ0n) is 16.8. The van der Waals surface area contributed by atoms with Gasteiger partial charge in [-0.15, -0.1) is 11.3 Å². The maximum Gasteiger partial charge on any atom is 0.323 e. The molecule has 0 bridgehead atoms. The zero-order valence-corrected chi connectivity index (χ0v) is 17.7. The van der Waals surface area contributed by atoms with Crippen LogP contribution in [0.5, 0.6) is 0 Å². The summed E-state index contributed by atoms with van der Waals surface area (Å²) in [5.41, 5.74) is 2.93. The molecule has 1 saturated heterocycles. The third-order valence-electron chi connectivity index (χ3n) is 5.59. The topological polar surface area (TPSA) is 92.6 Å². The van der Waals surface area contributed by atoms with E-state index in [4.69, 9.17) is 9.82 Å². The van der Waals surface area contributed by atoms with E-state index in [2.05, 4.69) is 38.0 Å². The minimum absolute atomic E-state index is 0.0441. The smallest absolute Gasteiger partial charge is 0.323 e. The molecule has 3 aromatic rings. The van der Waals surface area contributed by atoms with E-state index < -0.39 is 0 Å². The summed E-state index contributed by atoms with van der Waals surface area (Å²) >= 11 is 1.67. The van der Waals surface area contributed by atoms with Crippen LogP contribution in [0.2, 0.25) is 0 Å². The summed E-state index contributed by atoms with van der Waals surface area (Å²) in [4.78, 5) is 32.8. The summed E-state index contributed by atoms with van der Waals surface area (Å²) in [6, 6.07) is 10.0. The van der Waals surface area contributed by atoms with E-state index in [0.29, 0.717) is 24.8 Å². The Morgan fingerprint density at radius 2 is 2.00 bits per heavy atom. The Bertz CT molecular complexity index is 1060. The van der Waals surface area contributed by atoms with Crippen LogP contribution in [0, 0.1) is 0 Å². The van der Waals surface area contributed by atoms with Crippen LogP contribution in [-0.2, 0) is 4.84 Å². The number of benzene rings is 1. The summed E-state index contributed by atoms with van der Waals surface area (Å²) in [6.07, 6.45) is 7.14. The number of thiazole rings is 1. The number of oxime groups is 1. The third kappa shape index (κ3) is 4.41. The van der Waals surface area contributed by atoms with Gasteiger partial charge in [-0.25, -0.2) is 14.8 Å². The number of piperidine rings is 1. The second-order valence-electron chi connectivity index (χ2n) is 7.60. The molecule has 1 fully saturated rings. The number of hydrogen-bond donors (Lipinski definition) is 1. The van der Waals surface area contributed by atoms with Gasteiger partial charge in [0.15, 0.2) is 11.9 Å². The Kier molecular flexibility index (Phi) is 5.57. The van der Waals surface area contributed by atoms with Gasteiger partial charge in [-0.2, -0.15) is 0 Å². The number of likely N-dealkylation sites (tertiary alicyclic amines) is 1. The van der Waals surface area contributed by atoms with Crippen molar-refractivity contribution in [3.8, 4) is 0 Å². The fourth-order valence-corrected chi connectivity index (χ4v) is 4.86. The summed E-state index contributed by atoms with van der Waals surface area (Å²) in [5, 5.41) is 10.3. The molecule has 9 heteroatoms. The van der Waals surface area contributed by atoms with Crippen LogP contribution in [0.25, 0.3) is 0 Å². The van der Waals surface area contributed by atoms with Crippen molar-refractivity contribution >= 4 is 28.9 Å². The van der Waals surface area contributed by atoms with Crippen molar-refractivity contribution in [2.24, 2.45) is 5.16 Å². The second-order valence-corrected chi connectivity index (χ2v) is 8.49. The average Bonchev–Trinajstić information content (AvgIpc) is 3.51. The monoisotopic (exact) mass is 434 g/mol. The molecular formula is C22H22N6O2S. The highest BCUT2D eigenvalue weighted by molar-refractivity contribution is 7.10. The highest BCUT2D eigenvalue weighted by Gasteiger charge is 2.28. The predicted octanol–water partition coefficient (Wildman–Crippen LogP) is 4.21. The molecule has 2 aliphatic rings. The van der Waals surface area contributed by atoms with Crippen molar-refractivity contribution in [2.45, 2.75) is 31.3 Å². The minimum atomic E-state index is -0.136. The van der Waals surface area contributed by atoms with Crippen LogP contribution in [0.1, 0.15) is 47.5 Å². The first-order chi connectivity index (χ1) is 15.3. The lowest BCUT2D eigenvalue weighted by molar-refractivity contribution is 0.0857. The lowest BCUT2D eigenvalue weighted by atomic mass is 9.97. The Balaban J connectivity index is 1.16. The number of hydrogen-bond acceptors (Lipinski definition) is 7. The molecule has 2 aliphatic heterocycles. The second kappa shape index (κ2) is 8.81. The summed E-state index contributed by atoms with van der Waals surface area (Å²) in [6.45, 7) is 1.37. The fourth-order valence-electron chi connectivity index (χ4n) is 3.86. The first-order valence-electron chi connectivity index (χ1n) is 10.3. The van der Waals surface area contributed by atoms with Crippen LogP contribution in [0.3, 0.4) is 0 Å². The van der Waals surface area contributed by atoms with Crippen LogP contribution in [0.4, 0.5) is 10.6 Å². The Morgan fingerprint density at radius 1 is 1.16 bits per heavy atom. The molecule has 8 nitrogen and oxygen atoms in total. The minimum Gasteiger partial charge on any atom is -0.387 e. The summed E-state index contributed by atoms with van der Waals surface area (Å²) in [7, 11) is 0. The lowest BCUT2D eigenvalue weighted by Crippen LogP contribution is -2.40. The molecule has 4 heterocycles. The average molecular weight is 435 g/mol. The molecule has 0 saturated carbocycles. The third-order valence-corrected chi connectivity index (χ3v) is 6.59.